The van der Waals surface area contributed by atoms with Crippen LogP contribution in [0.5, 0.6) is 5.75 Å². The lowest BCUT2D eigenvalue weighted by Crippen LogP contribution is -2.37. The summed E-state index contributed by atoms with van der Waals surface area (Å²) in [5, 5.41) is 3.46. The van der Waals surface area contributed by atoms with Crippen LogP contribution < -0.4 is 10.1 Å². The van der Waals surface area contributed by atoms with Gasteiger partial charge in [0.25, 0.3) is 0 Å². The molecular weight excluding hydrogens is 222 g/mol. The molecule has 0 saturated carbocycles. The van der Waals surface area contributed by atoms with E-state index < -0.39 is 0 Å². The molecule has 0 atom stereocenters. The predicted molar refractivity (Wildman–Crippen MR) is 78.3 cm³/mol. The molecule has 1 N–H and O–H groups in total. The van der Waals surface area contributed by atoms with Crippen molar-refractivity contribution in [3.05, 3.63) is 29.3 Å². The maximum Gasteiger partial charge on any atom is 0.119 e. The van der Waals surface area contributed by atoms with Gasteiger partial charge in [-0.2, -0.15) is 0 Å². The molecule has 0 aliphatic rings. The van der Waals surface area contributed by atoms with E-state index >= 15 is 0 Å². The van der Waals surface area contributed by atoms with Gasteiger partial charge in [-0.1, -0.05) is 33.8 Å². The van der Waals surface area contributed by atoms with Gasteiger partial charge in [0, 0.05) is 18.0 Å². The average Bonchev–Trinajstić information content (AvgIpc) is 2.23. The Morgan fingerprint density at radius 1 is 1.11 bits per heavy atom. The van der Waals surface area contributed by atoms with E-state index in [0.29, 0.717) is 6.04 Å². The van der Waals surface area contributed by atoms with Crippen molar-refractivity contribution in [2.45, 2.75) is 47.6 Å². The Balaban J connectivity index is 2.52. The zero-order valence-corrected chi connectivity index (χ0v) is 12.6. The zero-order chi connectivity index (χ0) is 13.8. The van der Waals surface area contributed by atoms with Crippen LogP contribution in [0.2, 0.25) is 0 Å². The molecule has 1 aromatic rings. The first-order chi connectivity index (χ1) is 8.28. The minimum absolute atomic E-state index is 0.141. The Kier molecular flexibility index (Phi) is 5.21. The number of rotatable bonds is 6. The quantitative estimate of drug-likeness (QED) is 0.830. The lowest BCUT2D eigenvalue weighted by molar-refractivity contribution is 0.173. The van der Waals surface area contributed by atoms with Crippen molar-refractivity contribution in [1.29, 1.82) is 0 Å². The van der Waals surface area contributed by atoms with Crippen LogP contribution in [0.15, 0.2) is 18.2 Å². The topological polar surface area (TPSA) is 21.3 Å². The van der Waals surface area contributed by atoms with Crippen LogP contribution in [0.1, 0.15) is 38.8 Å². The smallest absolute Gasteiger partial charge is 0.119 e. The second kappa shape index (κ2) is 6.24. The van der Waals surface area contributed by atoms with Crippen molar-refractivity contribution >= 4 is 0 Å². The fourth-order valence-corrected chi connectivity index (χ4v) is 1.83. The molecule has 0 heterocycles. The number of hydrogen-bond acceptors (Lipinski definition) is 2. The fourth-order valence-electron chi connectivity index (χ4n) is 1.83. The van der Waals surface area contributed by atoms with Crippen molar-refractivity contribution in [1.82, 2.24) is 5.32 Å². The van der Waals surface area contributed by atoms with Gasteiger partial charge in [-0.3, -0.25) is 0 Å². The third kappa shape index (κ3) is 5.54. The third-order valence-electron chi connectivity index (χ3n) is 2.81. The van der Waals surface area contributed by atoms with Crippen LogP contribution >= 0.6 is 0 Å². The van der Waals surface area contributed by atoms with Crippen LogP contribution in [-0.2, 0) is 0 Å². The molecule has 0 spiro atoms. The van der Waals surface area contributed by atoms with Crippen molar-refractivity contribution in [2.24, 2.45) is 5.41 Å². The van der Waals surface area contributed by atoms with E-state index in [1.54, 1.807) is 0 Å². The highest BCUT2D eigenvalue weighted by molar-refractivity contribution is 5.33. The second-order valence-corrected chi connectivity index (χ2v) is 6.31. The van der Waals surface area contributed by atoms with Gasteiger partial charge in [0.2, 0.25) is 0 Å². The molecule has 1 rings (SSSR count). The summed E-state index contributed by atoms with van der Waals surface area (Å²) in [5.74, 6) is 0.977. The molecular formula is C16H27NO. The maximum absolute atomic E-state index is 5.92. The molecule has 0 unspecified atom stereocenters. The molecule has 102 valence electrons. The molecule has 0 saturated heterocycles. The summed E-state index contributed by atoms with van der Waals surface area (Å²) in [5.41, 5.74) is 2.65. The SMILES string of the molecule is Cc1cc(C)cc(OCC(C)(C)CNC(C)C)c1. The molecule has 0 bridgehead atoms. The molecule has 0 aromatic heterocycles. The standard InChI is InChI=1S/C16H27NO/c1-12(2)17-10-16(5,6)11-18-15-8-13(3)7-14(4)9-15/h7-9,12,17H,10-11H2,1-6H3. The van der Waals surface area contributed by atoms with Gasteiger partial charge in [0.1, 0.15) is 5.75 Å². The summed E-state index contributed by atoms with van der Waals surface area (Å²) < 4.78 is 5.92. The Labute approximate surface area is 112 Å². The molecule has 1 aromatic carbocycles. The Morgan fingerprint density at radius 3 is 2.17 bits per heavy atom. The van der Waals surface area contributed by atoms with Crippen LogP contribution in [0, 0.1) is 19.3 Å². The molecule has 0 aliphatic carbocycles. The molecule has 0 fully saturated rings. The molecule has 0 radical (unpaired) electrons. The lowest BCUT2D eigenvalue weighted by atomic mass is 9.94. The second-order valence-electron chi connectivity index (χ2n) is 6.31. The van der Waals surface area contributed by atoms with Gasteiger partial charge < -0.3 is 10.1 Å². The Bertz CT molecular complexity index is 362. The number of nitrogens with one attached hydrogen (secondary N) is 1. The van der Waals surface area contributed by atoms with Crippen LogP contribution in [-0.4, -0.2) is 19.2 Å². The fraction of sp³-hybridized carbons (Fsp3) is 0.625. The molecule has 2 heteroatoms. The van der Waals surface area contributed by atoms with E-state index in [1.165, 1.54) is 11.1 Å². The predicted octanol–water partition coefficient (Wildman–Crippen LogP) is 3.71. The maximum atomic E-state index is 5.92. The van der Waals surface area contributed by atoms with Crippen molar-refractivity contribution in [3.8, 4) is 5.75 Å². The molecule has 0 aliphatic heterocycles. The lowest BCUT2D eigenvalue weighted by Gasteiger charge is -2.26. The molecule has 0 amide bonds. The van der Waals surface area contributed by atoms with E-state index in [0.717, 1.165) is 18.9 Å². The van der Waals surface area contributed by atoms with Crippen LogP contribution in [0.3, 0.4) is 0 Å². The van der Waals surface area contributed by atoms with Gasteiger partial charge in [-0.15, -0.1) is 0 Å². The minimum atomic E-state index is 0.141. The van der Waals surface area contributed by atoms with E-state index in [9.17, 15) is 0 Å². The van der Waals surface area contributed by atoms with E-state index in [1.807, 2.05) is 0 Å². The normalized spacial score (nSPS) is 11.9. The zero-order valence-electron chi connectivity index (χ0n) is 12.6. The van der Waals surface area contributed by atoms with Gasteiger partial charge >= 0.3 is 0 Å². The first kappa shape index (κ1) is 15.0. The first-order valence-corrected chi connectivity index (χ1v) is 6.73. The summed E-state index contributed by atoms with van der Waals surface area (Å²) in [6, 6.07) is 6.88. The van der Waals surface area contributed by atoms with E-state index in [-0.39, 0.29) is 5.41 Å². The van der Waals surface area contributed by atoms with Gasteiger partial charge in [-0.25, -0.2) is 0 Å². The number of hydrogen-bond donors (Lipinski definition) is 1. The van der Waals surface area contributed by atoms with E-state index in [2.05, 4.69) is 65.1 Å². The highest BCUT2D eigenvalue weighted by Crippen LogP contribution is 2.20. The molecule has 18 heavy (non-hydrogen) atoms. The highest BCUT2D eigenvalue weighted by atomic mass is 16.5. The largest absolute Gasteiger partial charge is 0.493 e. The summed E-state index contributed by atoms with van der Waals surface area (Å²) >= 11 is 0. The van der Waals surface area contributed by atoms with Crippen molar-refractivity contribution in [3.63, 3.8) is 0 Å². The average molecular weight is 249 g/mol. The monoisotopic (exact) mass is 249 g/mol. The molecule has 2 nitrogen and oxygen atoms in total. The number of ether oxygens (including phenoxy) is 1. The van der Waals surface area contributed by atoms with Gasteiger partial charge in [-0.05, 0) is 37.1 Å². The summed E-state index contributed by atoms with van der Waals surface area (Å²) in [4.78, 5) is 0. The van der Waals surface area contributed by atoms with Crippen LogP contribution in [0.4, 0.5) is 0 Å². The van der Waals surface area contributed by atoms with Crippen molar-refractivity contribution < 1.29 is 4.74 Å². The highest BCUT2D eigenvalue weighted by Gasteiger charge is 2.19. The van der Waals surface area contributed by atoms with E-state index in [4.69, 9.17) is 4.74 Å². The number of benzene rings is 1. The summed E-state index contributed by atoms with van der Waals surface area (Å²) in [6.45, 7) is 14.7. The number of aryl methyl sites for hydroxylation is 2. The first-order valence-electron chi connectivity index (χ1n) is 6.73. The summed E-state index contributed by atoms with van der Waals surface area (Å²) in [7, 11) is 0. The van der Waals surface area contributed by atoms with Crippen LogP contribution in [0.25, 0.3) is 0 Å². The van der Waals surface area contributed by atoms with Gasteiger partial charge in [0.05, 0.1) is 6.61 Å². The van der Waals surface area contributed by atoms with Crippen molar-refractivity contribution in [2.75, 3.05) is 13.2 Å². The van der Waals surface area contributed by atoms with Gasteiger partial charge in [0.15, 0.2) is 0 Å². The minimum Gasteiger partial charge on any atom is -0.493 e. The Hall–Kier alpha value is -1.02. The Morgan fingerprint density at radius 2 is 1.67 bits per heavy atom. The summed E-state index contributed by atoms with van der Waals surface area (Å²) in [6.07, 6.45) is 0. The third-order valence-corrected chi connectivity index (χ3v) is 2.81.